The number of nitrogens with zero attached hydrogens (tertiary/aromatic N) is 2. The molecular formula is C56H54N2. The zero-order chi connectivity index (χ0) is 39.9. The van der Waals surface area contributed by atoms with Gasteiger partial charge in [0.1, 0.15) is 0 Å². The second-order valence-electron chi connectivity index (χ2n) is 15.9. The van der Waals surface area contributed by atoms with E-state index in [1.165, 1.54) is 67.0 Å². The molecule has 2 heteroatoms. The average molecular weight is 755 g/mol. The van der Waals surface area contributed by atoms with E-state index in [-0.39, 0.29) is 5.41 Å². The Morgan fingerprint density at radius 1 is 0.759 bits per heavy atom. The normalized spacial score (nSPS) is 17.9. The van der Waals surface area contributed by atoms with E-state index in [4.69, 9.17) is 0 Å². The zero-order valence-corrected chi connectivity index (χ0v) is 34.2. The quantitative estimate of drug-likeness (QED) is 0.0841. The van der Waals surface area contributed by atoms with Gasteiger partial charge in [0.05, 0.1) is 5.52 Å². The molecule has 0 fully saturated rings. The maximum atomic E-state index is 4.18. The minimum atomic E-state index is -0.0990. The third-order valence-electron chi connectivity index (χ3n) is 11.7. The van der Waals surface area contributed by atoms with E-state index in [1.807, 2.05) is 6.08 Å². The van der Waals surface area contributed by atoms with Crippen LogP contribution in [0.3, 0.4) is 0 Å². The lowest BCUT2D eigenvalue weighted by Gasteiger charge is -2.30. The fraction of sp³-hybridized carbons (Fsp3) is 0.179. The fourth-order valence-corrected chi connectivity index (χ4v) is 8.76. The van der Waals surface area contributed by atoms with Gasteiger partial charge in [0.25, 0.3) is 0 Å². The Bertz CT molecular complexity index is 2600. The van der Waals surface area contributed by atoms with Crippen LogP contribution in [0.1, 0.15) is 74.8 Å². The van der Waals surface area contributed by atoms with Gasteiger partial charge in [-0.25, -0.2) is 0 Å². The van der Waals surface area contributed by atoms with Crippen LogP contribution in [-0.4, -0.2) is 4.57 Å². The van der Waals surface area contributed by atoms with E-state index in [9.17, 15) is 0 Å². The van der Waals surface area contributed by atoms with Crippen molar-refractivity contribution in [1.29, 1.82) is 0 Å². The van der Waals surface area contributed by atoms with Crippen molar-refractivity contribution in [2.75, 3.05) is 4.90 Å². The third-order valence-corrected chi connectivity index (χ3v) is 11.7. The third kappa shape index (κ3) is 7.80. The van der Waals surface area contributed by atoms with E-state index in [0.717, 1.165) is 49.9 Å². The predicted octanol–water partition coefficient (Wildman–Crippen LogP) is 15.1. The van der Waals surface area contributed by atoms with Crippen molar-refractivity contribution in [3.63, 3.8) is 0 Å². The van der Waals surface area contributed by atoms with Gasteiger partial charge in [-0.1, -0.05) is 160 Å². The summed E-state index contributed by atoms with van der Waals surface area (Å²) < 4.78 is 2.43. The number of rotatable bonds is 11. The van der Waals surface area contributed by atoms with Gasteiger partial charge in [-0.3, -0.25) is 0 Å². The summed E-state index contributed by atoms with van der Waals surface area (Å²) in [6, 6.07) is 24.7. The second kappa shape index (κ2) is 17.4. The van der Waals surface area contributed by atoms with Gasteiger partial charge in [0, 0.05) is 45.7 Å². The second-order valence-corrected chi connectivity index (χ2v) is 15.9. The number of para-hydroxylation sites is 1. The van der Waals surface area contributed by atoms with Crippen LogP contribution in [0.4, 0.5) is 5.69 Å². The topological polar surface area (TPSA) is 8.17 Å². The molecule has 0 spiro atoms. The van der Waals surface area contributed by atoms with Gasteiger partial charge < -0.3 is 9.47 Å². The van der Waals surface area contributed by atoms with Crippen LogP contribution in [0.5, 0.6) is 0 Å². The Morgan fingerprint density at radius 3 is 2.43 bits per heavy atom. The lowest BCUT2D eigenvalue weighted by atomic mass is 9.82. The van der Waals surface area contributed by atoms with Crippen molar-refractivity contribution in [2.24, 2.45) is 0 Å². The highest BCUT2D eigenvalue weighted by molar-refractivity contribution is 5.92. The first-order chi connectivity index (χ1) is 28.5. The Hall–Kier alpha value is -6.38. The molecule has 3 aromatic carbocycles. The number of benzene rings is 3. The van der Waals surface area contributed by atoms with Gasteiger partial charge in [-0.15, -0.1) is 0 Å². The Kier molecular flexibility index (Phi) is 11.6. The first-order valence-corrected chi connectivity index (χ1v) is 20.9. The molecule has 0 radical (unpaired) electrons. The molecule has 0 saturated heterocycles. The van der Waals surface area contributed by atoms with Gasteiger partial charge in [-0.2, -0.15) is 0 Å². The summed E-state index contributed by atoms with van der Waals surface area (Å²) >= 11 is 0. The van der Waals surface area contributed by atoms with Gasteiger partial charge in [0.15, 0.2) is 0 Å². The number of hydrogen-bond acceptors (Lipinski definition) is 1. The average Bonchev–Trinajstić information content (AvgIpc) is 3.42. The summed E-state index contributed by atoms with van der Waals surface area (Å²) in [6.45, 7) is 11.1. The number of aromatic nitrogens is 1. The van der Waals surface area contributed by atoms with E-state index in [2.05, 4.69) is 219 Å². The van der Waals surface area contributed by atoms with Crippen LogP contribution in [0.25, 0.3) is 33.8 Å². The largest absolute Gasteiger partial charge is 0.314 e. The van der Waals surface area contributed by atoms with Gasteiger partial charge in [-0.05, 0) is 127 Å². The maximum absolute atomic E-state index is 4.18. The molecule has 8 rings (SSSR count). The lowest BCUT2D eigenvalue weighted by molar-refractivity contribution is 0.660. The monoisotopic (exact) mass is 754 g/mol. The predicted molar refractivity (Wildman–Crippen MR) is 252 cm³/mol. The molecule has 1 aromatic heterocycles. The molecule has 4 aliphatic carbocycles. The zero-order valence-electron chi connectivity index (χ0n) is 34.2. The molecule has 0 amide bonds. The first-order valence-electron chi connectivity index (χ1n) is 20.9. The standard InChI is InChI=1S/C56H54N2/c1-5-24-45(28-17-11-12-18-35-54-42(2)49-32-20-22-36-55(49)58(54)46-29-15-7-6-8-16-30-46)57(47-31-23-27-44(37-38-47)43-25-13-9-10-14-26-43)48-39-40-51-50-33-19-21-34-52(50)56(3,4)53(51)41-48/h5-7,9,13-14,16-30,32-41H,1,8,10-12,15,31H2,2-4H3/b7-6-,28-17-,30-16?,35-18-,45-24+,46-29?. The molecule has 0 N–H and O–H groups in total. The molecule has 0 saturated carbocycles. The van der Waals surface area contributed by atoms with E-state index >= 15 is 0 Å². The number of allylic oxidation sites excluding steroid dienone is 22. The fourth-order valence-electron chi connectivity index (χ4n) is 8.76. The van der Waals surface area contributed by atoms with Crippen molar-refractivity contribution in [2.45, 2.75) is 64.7 Å². The van der Waals surface area contributed by atoms with Crippen LogP contribution < -0.4 is 4.90 Å². The van der Waals surface area contributed by atoms with Crippen molar-refractivity contribution >= 4 is 28.4 Å². The number of aryl methyl sites for hydroxylation is 1. The number of fused-ring (bicyclic) bond motifs is 4. The Balaban J connectivity index is 1.11. The molecule has 0 bridgehead atoms. The van der Waals surface area contributed by atoms with Crippen LogP contribution >= 0.6 is 0 Å². The molecule has 1 heterocycles. The lowest BCUT2D eigenvalue weighted by Crippen LogP contribution is -2.22. The summed E-state index contributed by atoms with van der Waals surface area (Å²) in [5.74, 6) is 0. The highest BCUT2D eigenvalue weighted by atomic mass is 15.2. The molecule has 58 heavy (non-hydrogen) atoms. The minimum Gasteiger partial charge on any atom is -0.314 e. The first kappa shape index (κ1) is 38.5. The summed E-state index contributed by atoms with van der Waals surface area (Å²) in [7, 11) is 0. The van der Waals surface area contributed by atoms with Crippen molar-refractivity contribution in [3.05, 3.63) is 234 Å². The van der Waals surface area contributed by atoms with Gasteiger partial charge >= 0.3 is 0 Å². The van der Waals surface area contributed by atoms with Crippen LogP contribution in [-0.2, 0) is 5.41 Å². The Labute approximate surface area is 346 Å². The van der Waals surface area contributed by atoms with E-state index in [1.54, 1.807) is 0 Å². The maximum Gasteiger partial charge on any atom is 0.0537 e. The molecule has 4 aliphatic rings. The smallest absolute Gasteiger partial charge is 0.0537 e. The highest BCUT2D eigenvalue weighted by Crippen LogP contribution is 2.50. The van der Waals surface area contributed by atoms with Crippen LogP contribution in [0, 0.1) is 6.92 Å². The summed E-state index contributed by atoms with van der Waals surface area (Å²) in [5, 5.41) is 1.30. The summed E-state index contributed by atoms with van der Waals surface area (Å²) in [6.07, 6.45) is 50.3. The minimum absolute atomic E-state index is 0.0990. The van der Waals surface area contributed by atoms with Gasteiger partial charge in [0.2, 0.25) is 0 Å². The van der Waals surface area contributed by atoms with Crippen LogP contribution in [0.2, 0.25) is 0 Å². The molecule has 288 valence electrons. The molecule has 0 atom stereocenters. The molecule has 4 aromatic rings. The summed E-state index contributed by atoms with van der Waals surface area (Å²) in [5.41, 5.74) is 16.3. The number of hydrogen-bond donors (Lipinski definition) is 0. The van der Waals surface area contributed by atoms with Crippen molar-refractivity contribution in [3.8, 4) is 11.1 Å². The van der Waals surface area contributed by atoms with E-state index < -0.39 is 0 Å². The SMILES string of the molecule is C=C/C=C(\C=C/CC/C=C\c1c(C)c2ccccc2n1C1=CC/C=C\CC=C1)N(C1=CC=C(C2=CC=CCC=C2)C=CC1)c1ccc2c(c1)C(C)(C)c1ccccc1-2. The molecule has 2 nitrogen and oxygen atoms in total. The summed E-state index contributed by atoms with van der Waals surface area (Å²) in [4.78, 5) is 2.43. The molecular weight excluding hydrogens is 701 g/mol. The number of anilines is 1. The molecule has 0 unspecified atom stereocenters. The Morgan fingerprint density at radius 2 is 1.52 bits per heavy atom. The van der Waals surface area contributed by atoms with Crippen LogP contribution in [0.15, 0.2) is 211 Å². The highest BCUT2D eigenvalue weighted by Gasteiger charge is 2.35. The molecule has 0 aliphatic heterocycles. The van der Waals surface area contributed by atoms with E-state index in [0.29, 0.717) is 0 Å². The van der Waals surface area contributed by atoms with Crippen molar-refractivity contribution < 1.29 is 0 Å². The number of unbranched alkanes of at least 4 members (excludes halogenated alkanes) is 1. The van der Waals surface area contributed by atoms with Crippen molar-refractivity contribution in [1.82, 2.24) is 4.57 Å².